The van der Waals surface area contributed by atoms with E-state index in [1.807, 2.05) is 0 Å². The molecular formula is C17H29NOS. The summed E-state index contributed by atoms with van der Waals surface area (Å²) in [4.78, 5) is 12.1. The summed E-state index contributed by atoms with van der Waals surface area (Å²) in [6, 6.07) is 0. The van der Waals surface area contributed by atoms with Gasteiger partial charge in [-0.15, -0.1) is 11.8 Å². The van der Waals surface area contributed by atoms with E-state index >= 15 is 0 Å². The highest BCUT2D eigenvalue weighted by molar-refractivity contribution is 8.01. The summed E-state index contributed by atoms with van der Waals surface area (Å²) in [5.41, 5.74) is 0.469. The normalized spacial score (nSPS) is 39.0. The van der Waals surface area contributed by atoms with Crippen molar-refractivity contribution in [3.05, 3.63) is 0 Å². The van der Waals surface area contributed by atoms with Crippen LogP contribution in [-0.2, 0) is 4.79 Å². The Bertz CT molecular complexity index is 350. The van der Waals surface area contributed by atoms with Crippen molar-refractivity contribution in [1.82, 2.24) is 5.32 Å². The molecule has 0 saturated heterocycles. The number of carbonyl (C=O) groups excluding carboxylic acids is 1. The van der Waals surface area contributed by atoms with Crippen LogP contribution in [0.3, 0.4) is 0 Å². The van der Waals surface area contributed by atoms with Gasteiger partial charge in [0.2, 0.25) is 5.91 Å². The maximum Gasteiger partial charge on any atom is 0.230 e. The number of nitrogens with one attached hydrogen (secondary N) is 1. The van der Waals surface area contributed by atoms with Crippen molar-refractivity contribution in [2.24, 2.45) is 23.2 Å². The summed E-state index contributed by atoms with van der Waals surface area (Å²) >= 11 is 1.75. The molecule has 0 aromatic carbocycles. The molecule has 0 spiro atoms. The summed E-state index contributed by atoms with van der Waals surface area (Å²) < 4.78 is 0.179. The van der Waals surface area contributed by atoms with Crippen LogP contribution in [0.15, 0.2) is 0 Å². The number of amides is 1. The fourth-order valence-corrected chi connectivity index (χ4v) is 5.79. The molecule has 3 heteroatoms. The van der Waals surface area contributed by atoms with E-state index in [1.165, 1.54) is 38.5 Å². The lowest BCUT2D eigenvalue weighted by Gasteiger charge is -2.56. The van der Waals surface area contributed by atoms with Crippen molar-refractivity contribution in [2.75, 3.05) is 12.3 Å². The van der Waals surface area contributed by atoms with Crippen LogP contribution < -0.4 is 5.32 Å². The molecule has 4 fully saturated rings. The van der Waals surface area contributed by atoms with Gasteiger partial charge in [-0.25, -0.2) is 0 Å². The predicted molar refractivity (Wildman–Crippen MR) is 85.8 cm³/mol. The Balaban J connectivity index is 1.50. The Kier molecular flexibility index (Phi) is 3.85. The Morgan fingerprint density at radius 2 is 1.60 bits per heavy atom. The lowest BCUT2D eigenvalue weighted by atomic mass is 9.49. The summed E-state index contributed by atoms with van der Waals surface area (Å²) in [6.07, 6.45) is 8.58. The predicted octanol–water partition coefficient (Wildman–Crippen LogP) is 3.85. The van der Waals surface area contributed by atoms with Gasteiger partial charge in [0.15, 0.2) is 0 Å². The number of rotatable bonds is 4. The molecule has 4 rings (SSSR count). The van der Waals surface area contributed by atoms with Crippen molar-refractivity contribution in [1.29, 1.82) is 0 Å². The number of thioether (sulfide) groups is 1. The highest BCUT2D eigenvalue weighted by Gasteiger charge is 2.50. The Morgan fingerprint density at radius 1 is 1.10 bits per heavy atom. The molecule has 0 atom stereocenters. The van der Waals surface area contributed by atoms with Gasteiger partial charge >= 0.3 is 0 Å². The molecule has 1 N–H and O–H groups in total. The van der Waals surface area contributed by atoms with Crippen LogP contribution in [0.5, 0.6) is 0 Å². The van der Waals surface area contributed by atoms with E-state index in [-0.39, 0.29) is 10.7 Å². The van der Waals surface area contributed by atoms with E-state index in [4.69, 9.17) is 0 Å². The standard InChI is InChI=1S/C17H29NOS/c1-16(2,3)20-10-15(19)18-11-17-7-12-4-13(8-17)6-14(5-12)9-17/h12-14H,4-11H2,1-3H3,(H,18,19). The van der Waals surface area contributed by atoms with Crippen LogP contribution in [0.4, 0.5) is 0 Å². The summed E-state index contributed by atoms with van der Waals surface area (Å²) in [5.74, 6) is 3.77. The average molecular weight is 295 g/mol. The minimum atomic E-state index is 0.179. The molecule has 4 aliphatic carbocycles. The molecule has 0 aliphatic heterocycles. The third kappa shape index (κ3) is 3.35. The second kappa shape index (κ2) is 5.23. The highest BCUT2D eigenvalue weighted by Crippen LogP contribution is 2.59. The largest absolute Gasteiger partial charge is 0.355 e. The first-order chi connectivity index (χ1) is 9.34. The van der Waals surface area contributed by atoms with E-state index in [2.05, 4.69) is 26.1 Å². The second-order valence-electron chi connectivity index (χ2n) is 8.60. The fraction of sp³-hybridized carbons (Fsp3) is 0.941. The van der Waals surface area contributed by atoms with E-state index in [0.717, 1.165) is 24.3 Å². The van der Waals surface area contributed by atoms with Gasteiger partial charge in [0.1, 0.15) is 0 Å². The van der Waals surface area contributed by atoms with Crippen LogP contribution in [-0.4, -0.2) is 23.0 Å². The molecule has 2 nitrogen and oxygen atoms in total. The molecule has 4 aliphatic rings. The minimum Gasteiger partial charge on any atom is -0.355 e. The van der Waals surface area contributed by atoms with Gasteiger partial charge in [-0.3, -0.25) is 4.79 Å². The number of hydrogen-bond acceptors (Lipinski definition) is 2. The van der Waals surface area contributed by atoms with Gasteiger partial charge < -0.3 is 5.32 Å². The van der Waals surface area contributed by atoms with Crippen LogP contribution in [0.2, 0.25) is 0 Å². The lowest BCUT2D eigenvalue weighted by Crippen LogP contribution is -2.51. The Hall–Kier alpha value is -0.180. The fourth-order valence-electron chi connectivity index (χ4n) is 5.13. The van der Waals surface area contributed by atoms with E-state index < -0.39 is 0 Å². The molecule has 0 aromatic rings. The third-order valence-corrected chi connectivity index (χ3v) is 6.73. The molecule has 0 heterocycles. The van der Waals surface area contributed by atoms with Crippen molar-refractivity contribution in [2.45, 2.75) is 64.0 Å². The quantitative estimate of drug-likeness (QED) is 0.853. The number of carbonyl (C=O) groups is 1. The van der Waals surface area contributed by atoms with Gasteiger partial charge in [0.25, 0.3) is 0 Å². The van der Waals surface area contributed by atoms with E-state index in [1.54, 1.807) is 11.8 Å². The van der Waals surface area contributed by atoms with Gasteiger partial charge in [0, 0.05) is 11.3 Å². The summed E-state index contributed by atoms with van der Waals surface area (Å²) in [5, 5.41) is 3.25. The van der Waals surface area contributed by atoms with Crippen LogP contribution in [0.1, 0.15) is 59.3 Å². The van der Waals surface area contributed by atoms with Crippen LogP contribution >= 0.6 is 11.8 Å². The molecular weight excluding hydrogens is 266 g/mol. The second-order valence-corrected chi connectivity index (χ2v) is 10.4. The molecule has 20 heavy (non-hydrogen) atoms. The first-order valence-corrected chi connectivity index (χ1v) is 9.23. The summed E-state index contributed by atoms with van der Waals surface area (Å²) in [7, 11) is 0. The number of hydrogen-bond donors (Lipinski definition) is 1. The maximum absolute atomic E-state index is 12.1. The average Bonchev–Trinajstić information content (AvgIpc) is 2.31. The van der Waals surface area contributed by atoms with Crippen molar-refractivity contribution in [3.8, 4) is 0 Å². The van der Waals surface area contributed by atoms with Crippen LogP contribution in [0.25, 0.3) is 0 Å². The zero-order valence-corrected chi connectivity index (χ0v) is 14.0. The Morgan fingerprint density at radius 3 is 2.05 bits per heavy atom. The van der Waals surface area contributed by atoms with Gasteiger partial charge in [-0.1, -0.05) is 20.8 Å². The smallest absolute Gasteiger partial charge is 0.230 e. The first kappa shape index (κ1) is 14.7. The van der Waals surface area contributed by atoms with Gasteiger partial charge in [-0.2, -0.15) is 0 Å². The molecule has 4 bridgehead atoms. The Labute approximate surface area is 127 Å². The molecule has 1 amide bonds. The lowest BCUT2D eigenvalue weighted by molar-refractivity contribution is -0.120. The highest BCUT2D eigenvalue weighted by atomic mass is 32.2. The van der Waals surface area contributed by atoms with Crippen LogP contribution in [0, 0.1) is 23.2 Å². The molecule has 0 aromatic heterocycles. The SMILES string of the molecule is CC(C)(C)SCC(=O)NCC12CC3CC(CC(C3)C1)C2. The molecule has 0 radical (unpaired) electrons. The minimum absolute atomic E-state index is 0.179. The maximum atomic E-state index is 12.1. The zero-order chi connectivity index (χ0) is 14.4. The molecule has 0 unspecified atom stereocenters. The third-order valence-electron chi connectivity index (χ3n) is 5.46. The molecule has 114 valence electrons. The van der Waals surface area contributed by atoms with Crippen molar-refractivity contribution in [3.63, 3.8) is 0 Å². The topological polar surface area (TPSA) is 29.1 Å². The van der Waals surface area contributed by atoms with Crippen molar-refractivity contribution >= 4 is 17.7 Å². The van der Waals surface area contributed by atoms with Crippen molar-refractivity contribution < 1.29 is 4.79 Å². The van der Waals surface area contributed by atoms with Gasteiger partial charge in [-0.05, 0) is 61.7 Å². The van der Waals surface area contributed by atoms with Gasteiger partial charge in [0.05, 0.1) is 5.75 Å². The molecule has 4 saturated carbocycles. The van der Waals surface area contributed by atoms with E-state index in [9.17, 15) is 4.79 Å². The van der Waals surface area contributed by atoms with E-state index in [0.29, 0.717) is 11.2 Å². The first-order valence-electron chi connectivity index (χ1n) is 8.24. The monoisotopic (exact) mass is 295 g/mol. The summed E-state index contributed by atoms with van der Waals surface area (Å²) in [6.45, 7) is 7.46. The zero-order valence-electron chi connectivity index (χ0n) is 13.2.